The molecule has 0 amide bonds. The topological polar surface area (TPSA) is 15.3 Å². The van der Waals surface area contributed by atoms with Crippen LogP contribution in [-0.4, -0.2) is 31.1 Å². The van der Waals surface area contributed by atoms with Crippen LogP contribution in [0.2, 0.25) is 0 Å². The molecule has 27 heavy (non-hydrogen) atoms. The van der Waals surface area contributed by atoms with Crippen molar-refractivity contribution in [2.45, 2.75) is 51.0 Å². The van der Waals surface area contributed by atoms with Crippen LogP contribution < -0.4 is 5.32 Å². The minimum atomic E-state index is -5.07. The van der Waals surface area contributed by atoms with Gasteiger partial charge in [0.15, 0.2) is 0 Å². The molecule has 1 N–H and O–H groups in total. The number of hydrogen-bond donors (Lipinski definition) is 1. The maximum Gasteiger partial charge on any atom is 0.416 e. The maximum atomic E-state index is 14.6. The van der Waals surface area contributed by atoms with Crippen LogP contribution in [0.15, 0.2) is 12.1 Å². The van der Waals surface area contributed by atoms with Crippen LogP contribution >= 0.6 is 0 Å². The zero-order valence-corrected chi connectivity index (χ0v) is 15.0. The van der Waals surface area contributed by atoms with Crippen LogP contribution in [0, 0.1) is 5.82 Å². The van der Waals surface area contributed by atoms with Crippen LogP contribution in [0.3, 0.4) is 0 Å². The molecular formula is C18H23F7N2. The van der Waals surface area contributed by atoms with Crippen molar-refractivity contribution < 1.29 is 30.7 Å². The largest absolute Gasteiger partial charge is 0.416 e. The van der Waals surface area contributed by atoms with Gasteiger partial charge in [0, 0.05) is 37.8 Å². The van der Waals surface area contributed by atoms with E-state index in [1.807, 2.05) is 6.92 Å². The molecule has 9 heteroatoms. The van der Waals surface area contributed by atoms with Gasteiger partial charge in [-0.1, -0.05) is 26.2 Å². The molecule has 0 spiro atoms. The number of piperazine rings is 1. The zero-order chi connectivity index (χ0) is 20.2. The van der Waals surface area contributed by atoms with Gasteiger partial charge in [-0.15, -0.1) is 0 Å². The first-order valence-electron chi connectivity index (χ1n) is 8.98. The first-order valence-corrected chi connectivity index (χ1v) is 8.98. The number of hydrogen-bond acceptors (Lipinski definition) is 2. The Kier molecular flexibility index (Phi) is 7.13. The lowest BCUT2D eigenvalue weighted by Gasteiger charge is -2.36. The molecule has 0 radical (unpaired) electrons. The smallest absolute Gasteiger partial charge is 0.314 e. The van der Waals surface area contributed by atoms with Gasteiger partial charge in [-0.2, -0.15) is 26.3 Å². The van der Waals surface area contributed by atoms with E-state index in [0.717, 1.165) is 12.8 Å². The fourth-order valence-corrected chi connectivity index (χ4v) is 3.45. The standard InChI is InChI=1S/C18H23F7N2/c1-2-3-4-5-15(27-8-6-26-7-9-27)16-13(18(23,24)25)10-12(11-14(16)19)17(20,21)22/h10-11,15,26H,2-9H2,1H3/t15-/m1/s1. The number of rotatable bonds is 6. The molecule has 0 aromatic heterocycles. The van der Waals surface area contributed by atoms with Crippen molar-refractivity contribution in [2.75, 3.05) is 26.2 Å². The summed E-state index contributed by atoms with van der Waals surface area (Å²) in [6.07, 6.45) is -7.70. The summed E-state index contributed by atoms with van der Waals surface area (Å²) >= 11 is 0. The monoisotopic (exact) mass is 400 g/mol. The van der Waals surface area contributed by atoms with Crippen molar-refractivity contribution in [2.24, 2.45) is 0 Å². The molecule has 0 aliphatic carbocycles. The minimum absolute atomic E-state index is 0.0351. The molecule has 0 bridgehead atoms. The van der Waals surface area contributed by atoms with E-state index in [4.69, 9.17) is 0 Å². The second kappa shape index (κ2) is 8.77. The van der Waals surface area contributed by atoms with Gasteiger partial charge in [-0.25, -0.2) is 4.39 Å². The molecule has 1 aromatic carbocycles. The Morgan fingerprint density at radius 2 is 1.63 bits per heavy atom. The lowest BCUT2D eigenvalue weighted by Crippen LogP contribution is -2.45. The van der Waals surface area contributed by atoms with Crippen LogP contribution in [0.25, 0.3) is 0 Å². The van der Waals surface area contributed by atoms with Gasteiger partial charge >= 0.3 is 12.4 Å². The summed E-state index contributed by atoms with van der Waals surface area (Å²) in [6.45, 7) is 3.82. The Balaban J connectivity index is 2.54. The first-order chi connectivity index (χ1) is 12.6. The van der Waals surface area contributed by atoms with Gasteiger partial charge in [0.25, 0.3) is 0 Å². The van der Waals surface area contributed by atoms with Crippen LogP contribution in [0.4, 0.5) is 30.7 Å². The Labute approximate surface area is 153 Å². The lowest BCUT2D eigenvalue weighted by atomic mass is 9.91. The summed E-state index contributed by atoms with van der Waals surface area (Å²) in [4.78, 5) is 1.73. The summed E-state index contributed by atoms with van der Waals surface area (Å²) in [7, 11) is 0. The summed E-state index contributed by atoms with van der Waals surface area (Å²) in [5.74, 6) is -1.45. The number of alkyl halides is 6. The predicted molar refractivity (Wildman–Crippen MR) is 87.7 cm³/mol. The average molecular weight is 400 g/mol. The SMILES string of the molecule is CCCCC[C@H](c1c(F)cc(C(F)(F)F)cc1C(F)(F)F)N1CCNCC1. The molecule has 1 atom stereocenters. The maximum absolute atomic E-state index is 14.6. The summed E-state index contributed by atoms with van der Waals surface area (Å²) < 4.78 is 94.0. The fourth-order valence-electron chi connectivity index (χ4n) is 3.45. The highest BCUT2D eigenvalue weighted by atomic mass is 19.4. The van der Waals surface area contributed by atoms with Crippen molar-refractivity contribution in [3.63, 3.8) is 0 Å². The number of unbranched alkanes of at least 4 members (excludes halogenated alkanes) is 2. The third kappa shape index (κ3) is 5.57. The highest BCUT2D eigenvalue weighted by molar-refractivity contribution is 5.39. The number of benzene rings is 1. The summed E-state index contributed by atoms with van der Waals surface area (Å²) in [6, 6.07) is -0.690. The number of nitrogens with one attached hydrogen (secondary N) is 1. The zero-order valence-electron chi connectivity index (χ0n) is 15.0. The second-order valence-corrected chi connectivity index (χ2v) is 6.71. The first kappa shape index (κ1) is 21.9. The van der Waals surface area contributed by atoms with Crippen LogP contribution in [0.1, 0.15) is 55.3 Å². The quantitative estimate of drug-likeness (QED) is 0.509. The van der Waals surface area contributed by atoms with Gasteiger partial charge in [0.2, 0.25) is 0 Å². The summed E-state index contributed by atoms with van der Waals surface area (Å²) in [5, 5.41) is 3.07. The Hall–Kier alpha value is -1.35. The highest BCUT2D eigenvalue weighted by Crippen LogP contribution is 2.43. The molecule has 1 aliphatic rings. The van der Waals surface area contributed by atoms with E-state index in [-0.39, 0.29) is 18.6 Å². The van der Waals surface area contributed by atoms with Crippen LogP contribution in [0.5, 0.6) is 0 Å². The van der Waals surface area contributed by atoms with Crippen molar-refractivity contribution in [1.29, 1.82) is 0 Å². The molecule has 2 rings (SSSR count). The molecule has 1 heterocycles. The van der Waals surface area contributed by atoms with Gasteiger partial charge < -0.3 is 5.32 Å². The molecule has 0 unspecified atom stereocenters. The third-order valence-corrected chi connectivity index (χ3v) is 4.77. The predicted octanol–water partition coefficient (Wildman–Crippen LogP) is 5.39. The van der Waals surface area contributed by atoms with Crippen molar-refractivity contribution in [3.05, 3.63) is 34.6 Å². The number of halogens is 7. The molecule has 1 aromatic rings. The van der Waals surface area contributed by atoms with Crippen molar-refractivity contribution >= 4 is 0 Å². The molecule has 154 valence electrons. The van der Waals surface area contributed by atoms with E-state index in [1.54, 1.807) is 4.90 Å². The van der Waals surface area contributed by atoms with E-state index in [2.05, 4.69) is 5.32 Å². The third-order valence-electron chi connectivity index (χ3n) is 4.77. The molecule has 2 nitrogen and oxygen atoms in total. The Bertz CT molecular complexity index is 619. The Morgan fingerprint density at radius 1 is 1.00 bits per heavy atom. The highest BCUT2D eigenvalue weighted by Gasteiger charge is 2.42. The molecule has 0 saturated carbocycles. The van der Waals surface area contributed by atoms with E-state index in [0.29, 0.717) is 32.6 Å². The van der Waals surface area contributed by atoms with Gasteiger partial charge in [0.1, 0.15) is 5.82 Å². The molecule has 1 saturated heterocycles. The van der Waals surface area contributed by atoms with Gasteiger partial charge in [0.05, 0.1) is 11.1 Å². The number of nitrogens with zero attached hydrogens (tertiary/aromatic N) is 1. The van der Waals surface area contributed by atoms with E-state index in [1.165, 1.54) is 0 Å². The minimum Gasteiger partial charge on any atom is -0.314 e. The lowest BCUT2D eigenvalue weighted by molar-refractivity contribution is -0.144. The van der Waals surface area contributed by atoms with Crippen molar-refractivity contribution in [1.82, 2.24) is 10.2 Å². The van der Waals surface area contributed by atoms with E-state index < -0.39 is 40.9 Å². The molecular weight excluding hydrogens is 377 g/mol. The van der Waals surface area contributed by atoms with E-state index >= 15 is 0 Å². The molecule has 1 fully saturated rings. The van der Waals surface area contributed by atoms with E-state index in [9.17, 15) is 30.7 Å². The normalized spacial score (nSPS) is 17.9. The Morgan fingerprint density at radius 3 is 2.15 bits per heavy atom. The second-order valence-electron chi connectivity index (χ2n) is 6.71. The van der Waals surface area contributed by atoms with Crippen molar-refractivity contribution in [3.8, 4) is 0 Å². The van der Waals surface area contributed by atoms with Crippen LogP contribution in [-0.2, 0) is 12.4 Å². The average Bonchev–Trinajstić information content (AvgIpc) is 2.58. The fraction of sp³-hybridized carbons (Fsp3) is 0.667. The summed E-state index contributed by atoms with van der Waals surface area (Å²) in [5.41, 5.74) is -3.83. The molecule has 1 aliphatic heterocycles. The van der Waals surface area contributed by atoms with Gasteiger partial charge in [-0.3, -0.25) is 4.90 Å². The van der Waals surface area contributed by atoms with Gasteiger partial charge in [-0.05, 0) is 18.6 Å².